The Kier molecular flexibility index (Phi) is 1.75. The number of hydrogen-bond acceptors (Lipinski definition) is 2. The van der Waals surface area contributed by atoms with Gasteiger partial charge in [0.05, 0.1) is 7.11 Å². The number of carbonyl (C=O) groups is 1. The van der Waals surface area contributed by atoms with Crippen LogP contribution in [0.5, 0.6) is 0 Å². The normalized spacial score (nSPS) is 34.6. The molecular weight excluding hydrogens is 152 g/mol. The first-order valence-corrected chi connectivity index (χ1v) is 4.26. The van der Waals surface area contributed by atoms with Gasteiger partial charge in [-0.2, -0.15) is 0 Å². The first kappa shape index (κ1) is 7.59. The van der Waals surface area contributed by atoms with Crippen molar-refractivity contribution in [2.24, 2.45) is 11.8 Å². The Bertz CT molecular complexity index is 263. The van der Waals surface area contributed by atoms with E-state index in [9.17, 15) is 4.79 Å². The second kappa shape index (κ2) is 2.77. The Morgan fingerprint density at radius 2 is 2.50 bits per heavy atom. The Morgan fingerprint density at radius 3 is 3.00 bits per heavy atom. The lowest BCUT2D eigenvalue weighted by molar-refractivity contribution is -0.134. The predicted octanol–water partition coefficient (Wildman–Crippen LogP) is 1.68. The molecule has 0 spiro atoms. The average Bonchev–Trinajstić information content (AvgIpc) is 2.64. The molecular formula is C10H12O2. The maximum atomic E-state index is 10.9. The van der Waals surface area contributed by atoms with E-state index in [1.165, 1.54) is 19.1 Å². The van der Waals surface area contributed by atoms with Crippen LogP contribution < -0.4 is 0 Å². The average molecular weight is 164 g/mol. The third kappa shape index (κ3) is 1.17. The zero-order valence-electron chi connectivity index (χ0n) is 7.12. The second-order valence-electron chi connectivity index (χ2n) is 3.43. The number of ether oxygens (including phenoxy) is 1. The summed E-state index contributed by atoms with van der Waals surface area (Å²) in [5, 5.41) is 0. The van der Waals surface area contributed by atoms with Crippen LogP contribution >= 0.6 is 0 Å². The fourth-order valence-electron chi connectivity index (χ4n) is 2.03. The van der Waals surface area contributed by atoms with Crippen LogP contribution in [0.3, 0.4) is 0 Å². The van der Waals surface area contributed by atoms with E-state index in [2.05, 4.69) is 16.9 Å². The molecule has 0 heterocycles. The van der Waals surface area contributed by atoms with Gasteiger partial charge in [0.2, 0.25) is 0 Å². The predicted molar refractivity (Wildman–Crippen MR) is 45.5 cm³/mol. The fourth-order valence-corrected chi connectivity index (χ4v) is 2.03. The zero-order valence-corrected chi connectivity index (χ0v) is 7.12. The molecule has 2 aliphatic rings. The Morgan fingerprint density at radius 1 is 1.67 bits per heavy atom. The van der Waals surface area contributed by atoms with Gasteiger partial charge in [0, 0.05) is 6.08 Å². The molecule has 0 aromatic heterocycles. The van der Waals surface area contributed by atoms with Gasteiger partial charge < -0.3 is 4.74 Å². The molecule has 0 amide bonds. The van der Waals surface area contributed by atoms with Crippen molar-refractivity contribution in [1.82, 2.24) is 0 Å². The molecule has 0 aliphatic heterocycles. The molecule has 0 N–H and O–H groups in total. The molecule has 2 aliphatic carbocycles. The summed E-state index contributed by atoms with van der Waals surface area (Å²) in [6.45, 7) is 0. The summed E-state index contributed by atoms with van der Waals surface area (Å²) in [6.07, 6.45) is 8.34. The van der Waals surface area contributed by atoms with Crippen molar-refractivity contribution in [2.45, 2.75) is 12.8 Å². The molecule has 0 aromatic carbocycles. The van der Waals surface area contributed by atoms with E-state index in [0.29, 0.717) is 11.8 Å². The molecule has 0 radical (unpaired) electrons. The van der Waals surface area contributed by atoms with E-state index in [0.717, 1.165) is 6.42 Å². The number of fused-ring (bicyclic) bond motifs is 2. The number of allylic oxidation sites excluding steroid dienone is 3. The molecule has 1 fully saturated rings. The number of carbonyl (C=O) groups excluding carboxylic acids is 1. The molecule has 2 bridgehead atoms. The van der Waals surface area contributed by atoms with Crippen molar-refractivity contribution >= 4 is 5.97 Å². The lowest BCUT2D eigenvalue weighted by atomic mass is 10.0. The number of rotatable bonds is 1. The van der Waals surface area contributed by atoms with Gasteiger partial charge in [-0.05, 0) is 24.7 Å². The minimum Gasteiger partial charge on any atom is -0.466 e. The van der Waals surface area contributed by atoms with Gasteiger partial charge >= 0.3 is 5.97 Å². The SMILES string of the molecule is COC(=O)/C=C1\CC2C=CC1C2. The smallest absolute Gasteiger partial charge is 0.330 e. The zero-order chi connectivity index (χ0) is 8.55. The number of methoxy groups -OCH3 is 1. The van der Waals surface area contributed by atoms with Crippen LogP contribution in [0.25, 0.3) is 0 Å². The second-order valence-corrected chi connectivity index (χ2v) is 3.43. The molecule has 0 saturated heterocycles. The molecule has 2 atom stereocenters. The largest absolute Gasteiger partial charge is 0.466 e. The van der Waals surface area contributed by atoms with Gasteiger partial charge in [-0.25, -0.2) is 4.79 Å². The third-order valence-electron chi connectivity index (χ3n) is 2.65. The van der Waals surface area contributed by atoms with Crippen molar-refractivity contribution < 1.29 is 9.53 Å². The van der Waals surface area contributed by atoms with Crippen LogP contribution in [-0.4, -0.2) is 13.1 Å². The van der Waals surface area contributed by atoms with Gasteiger partial charge in [0.1, 0.15) is 0 Å². The van der Waals surface area contributed by atoms with Crippen molar-refractivity contribution in [1.29, 1.82) is 0 Å². The summed E-state index contributed by atoms with van der Waals surface area (Å²) in [7, 11) is 1.42. The fraction of sp³-hybridized carbons (Fsp3) is 0.500. The van der Waals surface area contributed by atoms with Gasteiger partial charge in [-0.3, -0.25) is 0 Å². The summed E-state index contributed by atoms with van der Waals surface area (Å²) in [4.78, 5) is 10.9. The molecule has 1 saturated carbocycles. The molecule has 2 unspecified atom stereocenters. The molecule has 12 heavy (non-hydrogen) atoms. The Balaban J connectivity index is 2.12. The number of hydrogen-bond donors (Lipinski definition) is 0. The molecule has 2 heteroatoms. The molecule has 0 aromatic rings. The number of esters is 1. The Labute approximate surface area is 71.9 Å². The minimum atomic E-state index is -0.217. The van der Waals surface area contributed by atoms with Crippen LogP contribution in [0, 0.1) is 11.8 Å². The van der Waals surface area contributed by atoms with Gasteiger partial charge in [-0.15, -0.1) is 0 Å². The minimum absolute atomic E-state index is 0.217. The summed E-state index contributed by atoms with van der Waals surface area (Å²) < 4.78 is 4.58. The summed E-state index contributed by atoms with van der Waals surface area (Å²) in [6, 6.07) is 0. The van der Waals surface area contributed by atoms with Crippen molar-refractivity contribution in [3.05, 3.63) is 23.8 Å². The molecule has 2 nitrogen and oxygen atoms in total. The highest BCUT2D eigenvalue weighted by atomic mass is 16.5. The van der Waals surface area contributed by atoms with E-state index in [-0.39, 0.29) is 5.97 Å². The summed E-state index contributed by atoms with van der Waals surface area (Å²) in [5.74, 6) is 0.992. The topological polar surface area (TPSA) is 26.3 Å². The summed E-state index contributed by atoms with van der Waals surface area (Å²) in [5.41, 5.74) is 1.24. The van der Waals surface area contributed by atoms with Crippen LogP contribution in [-0.2, 0) is 9.53 Å². The standard InChI is InChI=1S/C10H12O2/c1-12-10(11)6-9-5-7-2-3-8(9)4-7/h2-3,6-8H,4-5H2,1H3/b9-6+. The van der Waals surface area contributed by atoms with E-state index >= 15 is 0 Å². The maximum absolute atomic E-state index is 10.9. The van der Waals surface area contributed by atoms with E-state index in [1.54, 1.807) is 6.08 Å². The van der Waals surface area contributed by atoms with Crippen LogP contribution in [0.1, 0.15) is 12.8 Å². The molecule has 64 valence electrons. The third-order valence-corrected chi connectivity index (χ3v) is 2.65. The quantitative estimate of drug-likeness (QED) is 0.335. The van der Waals surface area contributed by atoms with Crippen molar-refractivity contribution in [3.8, 4) is 0 Å². The van der Waals surface area contributed by atoms with Gasteiger partial charge in [0.25, 0.3) is 0 Å². The lowest BCUT2D eigenvalue weighted by Crippen LogP contribution is -2.00. The van der Waals surface area contributed by atoms with Gasteiger partial charge in [0.15, 0.2) is 0 Å². The molecule has 2 rings (SSSR count). The van der Waals surface area contributed by atoms with Crippen LogP contribution in [0.2, 0.25) is 0 Å². The highest BCUT2D eigenvalue weighted by Gasteiger charge is 2.31. The maximum Gasteiger partial charge on any atom is 0.330 e. The highest BCUT2D eigenvalue weighted by Crippen LogP contribution is 2.42. The Hall–Kier alpha value is -1.05. The van der Waals surface area contributed by atoms with Crippen molar-refractivity contribution in [2.75, 3.05) is 7.11 Å². The first-order valence-electron chi connectivity index (χ1n) is 4.26. The first-order chi connectivity index (χ1) is 5.79. The van der Waals surface area contributed by atoms with Crippen LogP contribution in [0.15, 0.2) is 23.8 Å². The van der Waals surface area contributed by atoms with Crippen LogP contribution in [0.4, 0.5) is 0 Å². The van der Waals surface area contributed by atoms with E-state index in [1.807, 2.05) is 0 Å². The highest BCUT2D eigenvalue weighted by molar-refractivity contribution is 5.83. The van der Waals surface area contributed by atoms with E-state index in [4.69, 9.17) is 0 Å². The van der Waals surface area contributed by atoms with Crippen molar-refractivity contribution in [3.63, 3.8) is 0 Å². The monoisotopic (exact) mass is 164 g/mol. The van der Waals surface area contributed by atoms with E-state index < -0.39 is 0 Å². The lowest BCUT2D eigenvalue weighted by Gasteiger charge is -2.06. The van der Waals surface area contributed by atoms with Gasteiger partial charge in [-0.1, -0.05) is 17.7 Å². The summed E-state index contributed by atoms with van der Waals surface area (Å²) >= 11 is 0.